The van der Waals surface area contributed by atoms with Gasteiger partial charge in [0.25, 0.3) is 5.91 Å². The van der Waals surface area contributed by atoms with Gasteiger partial charge in [-0.2, -0.15) is 0 Å². The first-order chi connectivity index (χ1) is 17.2. The Kier molecular flexibility index (Phi) is 8.39. The van der Waals surface area contributed by atoms with Crippen molar-refractivity contribution in [1.29, 1.82) is 0 Å². The number of fused-ring (bicyclic) bond motifs is 1. The largest absolute Gasteiger partial charge is 0.331 e. The number of benzene rings is 2. The van der Waals surface area contributed by atoms with E-state index in [1.807, 2.05) is 13.8 Å². The highest BCUT2D eigenvalue weighted by Crippen LogP contribution is 2.24. The van der Waals surface area contributed by atoms with E-state index in [0.717, 1.165) is 73.6 Å². The first-order valence-electron chi connectivity index (χ1n) is 13.2. The second kappa shape index (κ2) is 11.5. The summed E-state index contributed by atoms with van der Waals surface area (Å²) >= 11 is 0. The molecule has 2 heterocycles. The minimum Gasteiger partial charge on any atom is -0.331 e. The number of rotatable bonds is 9. The Bertz CT molecular complexity index is 1200. The molecule has 3 aromatic rings. The first kappa shape index (κ1) is 26.3. The summed E-state index contributed by atoms with van der Waals surface area (Å²) in [5, 5.41) is 0. The summed E-state index contributed by atoms with van der Waals surface area (Å²) in [5.41, 5.74) is 2.94. The standard InChI is InChI=1S/C29H38F2N4O/c1-5-12-35-27-9-6-22(18-33-13-10-21(4)11-14-33)15-26(27)32-28(35)19-34(17-20(2)3)29(36)24-16-23(30)7-8-25(24)31/h6-9,15-16,20-21H,5,10-14,17-19H2,1-4H3. The van der Waals surface area contributed by atoms with Crippen molar-refractivity contribution < 1.29 is 13.6 Å². The lowest BCUT2D eigenvalue weighted by molar-refractivity contribution is 0.0711. The summed E-state index contributed by atoms with van der Waals surface area (Å²) in [4.78, 5) is 22.4. The van der Waals surface area contributed by atoms with Gasteiger partial charge in [-0.05, 0) is 80.1 Å². The summed E-state index contributed by atoms with van der Waals surface area (Å²) in [6, 6.07) is 9.48. The van der Waals surface area contributed by atoms with Crippen LogP contribution in [0.3, 0.4) is 0 Å². The van der Waals surface area contributed by atoms with Gasteiger partial charge in [-0.15, -0.1) is 0 Å². The van der Waals surface area contributed by atoms with E-state index in [9.17, 15) is 13.6 Å². The van der Waals surface area contributed by atoms with Crippen LogP contribution in [0.25, 0.3) is 11.0 Å². The van der Waals surface area contributed by atoms with E-state index in [4.69, 9.17) is 4.98 Å². The van der Waals surface area contributed by atoms with Crippen molar-refractivity contribution >= 4 is 16.9 Å². The van der Waals surface area contributed by atoms with Crippen LogP contribution in [0.2, 0.25) is 0 Å². The van der Waals surface area contributed by atoms with E-state index in [2.05, 4.69) is 41.5 Å². The van der Waals surface area contributed by atoms with Gasteiger partial charge < -0.3 is 9.47 Å². The van der Waals surface area contributed by atoms with E-state index in [-0.39, 0.29) is 18.0 Å². The molecule has 0 radical (unpaired) electrons. The minimum absolute atomic E-state index is 0.161. The minimum atomic E-state index is -0.714. The molecule has 1 saturated heterocycles. The quantitative estimate of drug-likeness (QED) is 0.351. The van der Waals surface area contributed by atoms with Crippen LogP contribution in [0, 0.1) is 23.5 Å². The van der Waals surface area contributed by atoms with Gasteiger partial charge in [0.1, 0.15) is 17.5 Å². The number of carbonyl (C=O) groups is 1. The van der Waals surface area contributed by atoms with Crippen molar-refractivity contribution in [3.8, 4) is 0 Å². The Morgan fingerprint density at radius 2 is 1.89 bits per heavy atom. The third-order valence-corrected chi connectivity index (χ3v) is 6.99. The number of imidazole rings is 1. The van der Waals surface area contributed by atoms with Gasteiger partial charge in [-0.1, -0.05) is 33.8 Å². The Balaban J connectivity index is 1.63. The molecule has 0 bridgehead atoms. The van der Waals surface area contributed by atoms with Gasteiger partial charge >= 0.3 is 0 Å². The van der Waals surface area contributed by atoms with Crippen molar-refractivity contribution in [2.24, 2.45) is 11.8 Å². The second-order valence-electron chi connectivity index (χ2n) is 10.7. The molecule has 0 N–H and O–H groups in total. The molecule has 0 atom stereocenters. The molecule has 1 aliphatic rings. The van der Waals surface area contributed by atoms with Gasteiger partial charge in [0, 0.05) is 19.6 Å². The molecule has 2 aromatic carbocycles. The van der Waals surface area contributed by atoms with Crippen LogP contribution in [-0.2, 0) is 19.6 Å². The molecule has 36 heavy (non-hydrogen) atoms. The molecule has 0 aliphatic carbocycles. The van der Waals surface area contributed by atoms with Crippen LogP contribution < -0.4 is 0 Å². The van der Waals surface area contributed by atoms with Crippen molar-refractivity contribution in [2.45, 2.75) is 66.6 Å². The summed E-state index contributed by atoms with van der Waals surface area (Å²) in [6.45, 7) is 13.0. The van der Waals surface area contributed by atoms with Crippen LogP contribution in [0.4, 0.5) is 8.78 Å². The number of carbonyl (C=O) groups excluding carboxylic acids is 1. The number of likely N-dealkylation sites (tertiary alicyclic amines) is 1. The highest BCUT2D eigenvalue weighted by atomic mass is 19.1. The van der Waals surface area contributed by atoms with E-state index >= 15 is 0 Å². The monoisotopic (exact) mass is 496 g/mol. The molecule has 1 aromatic heterocycles. The molecule has 1 fully saturated rings. The summed E-state index contributed by atoms with van der Waals surface area (Å²) in [5.74, 6) is -0.133. The molecule has 1 aliphatic heterocycles. The topological polar surface area (TPSA) is 41.4 Å². The highest BCUT2D eigenvalue weighted by molar-refractivity contribution is 5.94. The smallest absolute Gasteiger partial charge is 0.257 e. The normalized spacial score (nSPS) is 15.2. The van der Waals surface area contributed by atoms with Gasteiger partial charge in [0.2, 0.25) is 0 Å². The van der Waals surface area contributed by atoms with Crippen molar-refractivity contribution in [1.82, 2.24) is 19.4 Å². The maximum Gasteiger partial charge on any atom is 0.257 e. The summed E-state index contributed by atoms with van der Waals surface area (Å²) in [6.07, 6.45) is 3.40. The van der Waals surface area contributed by atoms with E-state index < -0.39 is 17.5 Å². The van der Waals surface area contributed by atoms with Crippen LogP contribution in [0.1, 0.15) is 68.7 Å². The third kappa shape index (κ3) is 6.12. The van der Waals surface area contributed by atoms with Crippen molar-refractivity contribution in [3.05, 3.63) is 65.0 Å². The average molecular weight is 497 g/mol. The number of amides is 1. The third-order valence-electron chi connectivity index (χ3n) is 6.99. The highest BCUT2D eigenvalue weighted by Gasteiger charge is 2.24. The lowest BCUT2D eigenvalue weighted by Gasteiger charge is -2.30. The molecule has 1 amide bonds. The van der Waals surface area contributed by atoms with E-state index in [1.165, 1.54) is 18.4 Å². The average Bonchev–Trinajstić information content (AvgIpc) is 3.17. The van der Waals surface area contributed by atoms with Gasteiger partial charge in [-0.25, -0.2) is 13.8 Å². The molecule has 7 heteroatoms. The van der Waals surface area contributed by atoms with Gasteiger partial charge in [0.15, 0.2) is 0 Å². The lowest BCUT2D eigenvalue weighted by atomic mass is 9.99. The number of aromatic nitrogens is 2. The maximum absolute atomic E-state index is 14.4. The first-order valence-corrected chi connectivity index (χ1v) is 13.2. The summed E-state index contributed by atoms with van der Waals surface area (Å²) < 4.78 is 30.4. The molecule has 194 valence electrons. The number of halogens is 2. The maximum atomic E-state index is 14.4. The number of hydrogen-bond acceptors (Lipinski definition) is 3. The number of hydrogen-bond donors (Lipinski definition) is 0. The van der Waals surface area contributed by atoms with Gasteiger partial charge in [0.05, 0.1) is 23.1 Å². The number of piperidine rings is 1. The Morgan fingerprint density at radius 3 is 2.58 bits per heavy atom. The van der Waals surface area contributed by atoms with Crippen LogP contribution in [-0.4, -0.2) is 44.9 Å². The molecular formula is C29H38F2N4O. The Morgan fingerprint density at radius 1 is 1.14 bits per heavy atom. The van der Waals surface area contributed by atoms with E-state index in [1.54, 1.807) is 4.90 Å². The molecule has 0 saturated carbocycles. The zero-order valence-electron chi connectivity index (χ0n) is 21.9. The number of aryl methyl sites for hydroxylation is 1. The van der Waals surface area contributed by atoms with Crippen LogP contribution in [0.5, 0.6) is 0 Å². The fourth-order valence-corrected chi connectivity index (χ4v) is 5.06. The fraction of sp³-hybridized carbons (Fsp3) is 0.517. The predicted octanol–water partition coefficient (Wildman–Crippen LogP) is 6.25. The lowest BCUT2D eigenvalue weighted by Crippen LogP contribution is -2.35. The van der Waals surface area contributed by atoms with Gasteiger partial charge in [-0.3, -0.25) is 9.69 Å². The second-order valence-corrected chi connectivity index (χ2v) is 10.7. The predicted molar refractivity (Wildman–Crippen MR) is 140 cm³/mol. The van der Waals surface area contributed by atoms with Crippen molar-refractivity contribution in [2.75, 3.05) is 19.6 Å². The zero-order chi connectivity index (χ0) is 25.8. The van der Waals surface area contributed by atoms with Crippen LogP contribution in [0.15, 0.2) is 36.4 Å². The Labute approximate surface area is 213 Å². The van der Waals surface area contributed by atoms with Crippen molar-refractivity contribution in [3.63, 3.8) is 0 Å². The summed E-state index contributed by atoms with van der Waals surface area (Å²) in [7, 11) is 0. The molecule has 4 rings (SSSR count). The zero-order valence-corrected chi connectivity index (χ0v) is 21.9. The molecule has 0 spiro atoms. The molecule has 5 nitrogen and oxygen atoms in total. The van der Waals surface area contributed by atoms with Crippen LogP contribution >= 0.6 is 0 Å². The number of nitrogens with zero attached hydrogens (tertiary/aromatic N) is 4. The SMILES string of the molecule is CCCn1c(CN(CC(C)C)C(=O)c2cc(F)ccc2F)nc2cc(CN3CCC(C)CC3)ccc21. The molecular weight excluding hydrogens is 458 g/mol. The molecule has 0 unspecified atom stereocenters. The fourth-order valence-electron chi connectivity index (χ4n) is 5.06. The van der Waals surface area contributed by atoms with E-state index in [0.29, 0.717) is 6.54 Å². The Hall–Kier alpha value is -2.80.